The minimum atomic E-state index is -0.294. The second kappa shape index (κ2) is 7.69. The highest BCUT2D eigenvalue weighted by atomic mass is 16.6. The molecule has 27 heavy (non-hydrogen) atoms. The van der Waals surface area contributed by atoms with E-state index in [1.165, 1.54) is 0 Å². The predicted octanol–water partition coefficient (Wildman–Crippen LogP) is 2.32. The number of anilines is 2. The zero-order chi connectivity index (χ0) is 18.5. The molecule has 8 heteroatoms. The van der Waals surface area contributed by atoms with Crippen LogP contribution in [0, 0.1) is 0 Å². The van der Waals surface area contributed by atoms with Gasteiger partial charge in [0.15, 0.2) is 23.0 Å². The number of hydrogen-bond acceptors (Lipinski definition) is 7. The van der Waals surface area contributed by atoms with E-state index in [4.69, 9.17) is 9.47 Å². The van der Waals surface area contributed by atoms with Crippen LogP contribution in [-0.4, -0.2) is 34.3 Å². The van der Waals surface area contributed by atoms with Crippen LogP contribution in [0.3, 0.4) is 0 Å². The number of hydrogen-bond donors (Lipinski definition) is 2. The normalized spacial score (nSPS) is 12.3. The Labute approximate surface area is 155 Å². The summed E-state index contributed by atoms with van der Waals surface area (Å²) in [5.74, 6) is 1.64. The van der Waals surface area contributed by atoms with Gasteiger partial charge in [0, 0.05) is 30.7 Å². The Bertz CT molecular complexity index is 932. The van der Waals surface area contributed by atoms with Crippen molar-refractivity contribution in [1.82, 2.24) is 20.5 Å². The molecule has 1 aromatic carbocycles. The average Bonchev–Trinajstić information content (AvgIpc) is 2.73. The highest BCUT2D eigenvalue weighted by Gasteiger charge is 2.12. The maximum Gasteiger partial charge on any atom is 0.272 e. The minimum absolute atomic E-state index is 0.242. The Kier molecular flexibility index (Phi) is 4.78. The molecular weight excluding hydrogens is 346 g/mol. The third-order valence-corrected chi connectivity index (χ3v) is 3.89. The smallest absolute Gasteiger partial charge is 0.272 e. The van der Waals surface area contributed by atoms with Gasteiger partial charge in [0.2, 0.25) is 0 Å². The molecule has 3 aromatic rings. The van der Waals surface area contributed by atoms with Crippen molar-refractivity contribution in [3.05, 3.63) is 66.1 Å². The van der Waals surface area contributed by atoms with E-state index in [9.17, 15) is 4.79 Å². The Hall–Kier alpha value is -3.68. The quantitative estimate of drug-likeness (QED) is 0.718. The molecule has 0 saturated carbocycles. The van der Waals surface area contributed by atoms with Crippen molar-refractivity contribution in [3.63, 3.8) is 0 Å². The van der Waals surface area contributed by atoms with Crippen LogP contribution in [0.2, 0.25) is 0 Å². The number of carbonyl (C=O) groups is 1. The number of benzene rings is 1. The van der Waals surface area contributed by atoms with E-state index in [1.807, 2.05) is 30.3 Å². The number of rotatable bonds is 5. The summed E-state index contributed by atoms with van der Waals surface area (Å²) in [6.45, 7) is 1.46. The second-order valence-electron chi connectivity index (χ2n) is 5.83. The largest absolute Gasteiger partial charge is 0.486 e. The number of nitrogens with one attached hydrogen (secondary N) is 2. The lowest BCUT2D eigenvalue weighted by atomic mass is 10.2. The van der Waals surface area contributed by atoms with Gasteiger partial charge in [-0.1, -0.05) is 6.07 Å². The van der Waals surface area contributed by atoms with Gasteiger partial charge in [-0.2, -0.15) is 0 Å². The van der Waals surface area contributed by atoms with Crippen molar-refractivity contribution in [2.75, 3.05) is 18.5 Å². The van der Waals surface area contributed by atoms with Crippen LogP contribution in [-0.2, 0) is 6.54 Å². The van der Waals surface area contributed by atoms with Crippen LogP contribution >= 0.6 is 0 Å². The van der Waals surface area contributed by atoms with Gasteiger partial charge in [-0.15, -0.1) is 10.2 Å². The fourth-order valence-corrected chi connectivity index (χ4v) is 2.56. The van der Waals surface area contributed by atoms with Crippen molar-refractivity contribution in [1.29, 1.82) is 0 Å². The molecule has 4 rings (SSSR count). The van der Waals surface area contributed by atoms with Gasteiger partial charge in [-0.05, 0) is 35.9 Å². The Morgan fingerprint density at radius 1 is 1.04 bits per heavy atom. The first kappa shape index (κ1) is 16.8. The van der Waals surface area contributed by atoms with Crippen LogP contribution in [0.5, 0.6) is 11.5 Å². The minimum Gasteiger partial charge on any atom is -0.486 e. The van der Waals surface area contributed by atoms with E-state index < -0.39 is 0 Å². The van der Waals surface area contributed by atoms with Crippen molar-refractivity contribution in [2.24, 2.45) is 0 Å². The molecule has 0 saturated heterocycles. The molecule has 0 atom stereocenters. The van der Waals surface area contributed by atoms with Crippen LogP contribution in [0.15, 0.2) is 54.9 Å². The molecule has 2 aromatic heterocycles. The number of carbonyl (C=O) groups excluding carboxylic acids is 1. The fourth-order valence-electron chi connectivity index (χ4n) is 2.56. The van der Waals surface area contributed by atoms with Crippen molar-refractivity contribution in [3.8, 4) is 11.5 Å². The number of ether oxygens (including phenoxy) is 2. The lowest BCUT2D eigenvalue weighted by molar-refractivity contribution is 0.0945. The summed E-state index contributed by atoms with van der Waals surface area (Å²) in [6, 6.07) is 12.6. The van der Waals surface area contributed by atoms with Crippen LogP contribution < -0.4 is 20.1 Å². The summed E-state index contributed by atoms with van der Waals surface area (Å²) >= 11 is 0. The van der Waals surface area contributed by atoms with Gasteiger partial charge in [0.05, 0.1) is 0 Å². The summed E-state index contributed by atoms with van der Waals surface area (Å²) in [5, 5.41) is 13.9. The summed E-state index contributed by atoms with van der Waals surface area (Å²) < 4.78 is 11.1. The van der Waals surface area contributed by atoms with E-state index in [1.54, 1.807) is 24.5 Å². The molecule has 1 aliphatic heterocycles. The monoisotopic (exact) mass is 363 g/mol. The first-order valence-corrected chi connectivity index (χ1v) is 8.45. The van der Waals surface area contributed by atoms with E-state index >= 15 is 0 Å². The Balaban J connectivity index is 1.38. The molecule has 0 unspecified atom stereocenters. The zero-order valence-electron chi connectivity index (χ0n) is 14.4. The third-order valence-electron chi connectivity index (χ3n) is 3.89. The molecule has 136 valence electrons. The van der Waals surface area contributed by atoms with Crippen LogP contribution in [0.1, 0.15) is 16.1 Å². The number of nitrogens with zero attached hydrogens (tertiary/aromatic N) is 3. The molecule has 1 amide bonds. The predicted molar refractivity (Wildman–Crippen MR) is 98.2 cm³/mol. The maximum atomic E-state index is 12.2. The van der Waals surface area contributed by atoms with Crippen molar-refractivity contribution >= 4 is 17.4 Å². The maximum absolute atomic E-state index is 12.2. The number of fused-ring (bicyclic) bond motifs is 1. The highest BCUT2D eigenvalue weighted by Crippen LogP contribution is 2.33. The Morgan fingerprint density at radius 2 is 1.93 bits per heavy atom. The lowest BCUT2D eigenvalue weighted by Gasteiger charge is -2.19. The van der Waals surface area contributed by atoms with E-state index in [0.717, 1.165) is 17.0 Å². The molecule has 0 fully saturated rings. The fraction of sp³-hybridized carbons (Fsp3) is 0.158. The van der Waals surface area contributed by atoms with Gasteiger partial charge in [-0.3, -0.25) is 9.78 Å². The zero-order valence-corrected chi connectivity index (χ0v) is 14.4. The first-order valence-electron chi connectivity index (χ1n) is 8.45. The molecule has 0 bridgehead atoms. The van der Waals surface area contributed by atoms with Crippen molar-refractivity contribution in [2.45, 2.75) is 6.54 Å². The molecule has 0 radical (unpaired) electrons. The van der Waals surface area contributed by atoms with Crippen LogP contribution in [0.4, 0.5) is 11.5 Å². The van der Waals surface area contributed by atoms with Gasteiger partial charge < -0.3 is 20.1 Å². The number of aromatic nitrogens is 3. The Morgan fingerprint density at radius 3 is 2.70 bits per heavy atom. The van der Waals surface area contributed by atoms with Crippen molar-refractivity contribution < 1.29 is 14.3 Å². The summed E-state index contributed by atoms with van der Waals surface area (Å²) in [7, 11) is 0. The van der Waals surface area contributed by atoms with Gasteiger partial charge >= 0.3 is 0 Å². The average molecular weight is 363 g/mol. The molecular formula is C19H17N5O3. The topological polar surface area (TPSA) is 98.3 Å². The standard InChI is InChI=1S/C19H17N5O3/c25-19(21-12-13-2-1-7-20-11-13)15-4-6-18(24-23-15)22-14-3-5-16-17(10-14)27-9-8-26-16/h1-7,10-11H,8-9,12H2,(H,21,25)(H,22,24). The second-order valence-corrected chi connectivity index (χ2v) is 5.83. The first-order chi connectivity index (χ1) is 13.3. The third kappa shape index (κ3) is 4.12. The highest BCUT2D eigenvalue weighted by molar-refractivity contribution is 5.92. The van der Waals surface area contributed by atoms with E-state index in [2.05, 4.69) is 25.8 Å². The molecule has 3 heterocycles. The molecule has 2 N–H and O–H groups in total. The van der Waals surface area contributed by atoms with E-state index in [-0.39, 0.29) is 11.6 Å². The lowest BCUT2D eigenvalue weighted by Crippen LogP contribution is -2.24. The molecule has 1 aliphatic rings. The molecule has 8 nitrogen and oxygen atoms in total. The number of pyridine rings is 1. The molecule has 0 spiro atoms. The molecule has 0 aliphatic carbocycles. The van der Waals surface area contributed by atoms with Gasteiger partial charge in [0.25, 0.3) is 5.91 Å². The SMILES string of the molecule is O=C(NCc1cccnc1)c1ccc(Nc2ccc3c(c2)OCCO3)nn1. The van der Waals surface area contributed by atoms with Gasteiger partial charge in [0.1, 0.15) is 13.2 Å². The van der Waals surface area contributed by atoms with Gasteiger partial charge in [-0.25, -0.2) is 0 Å². The summed E-state index contributed by atoms with van der Waals surface area (Å²) in [5.41, 5.74) is 1.95. The van der Waals surface area contributed by atoms with E-state index in [0.29, 0.717) is 31.3 Å². The number of amides is 1. The summed E-state index contributed by atoms with van der Waals surface area (Å²) in [4.78, 5) is 16.2. The van der Waals surface area contributed by atoms with Crippen LogP contribution in [0.25, 0.3) is 0 Å². The summed E-state index contributed by atoms with van der Waals surface area (Å²) in [6.07, 6.45) is 3.39.